The van der Waals surface area contributed by atoms with Gasteiger partial charge in [0, 0.05) is 52.4 Å². The van der Waals surface area contributed by atoms with E-state index < -0.39 is 0 Å². The third-order valence-corrected chi connectivity index (χ3v) is 5.75. The van der Waals surface area contributed by atoms with E-state index >= 15 is 0 Å². The fourth-order valence-corrected chi connectivity index (χ4v) is 4.75. The van der Waals surface area contributed by atoms with Gasteiger partial charge in [0.25, 0.3) is 0 Å². The highest BCUT2D eigenvalue weighted by Crippen LogP contribution is 2.49. The Morgan fingerprint density at radius 2 is 2.11 bits per heavy atom. The van der Waals surface area contributed by atoms with Crippen molar-refractivity contribution in [2.45, 2.75) is 18.2 Å². The number of hydrogen-bond donors (Lipinski definition) is 0. The summed E-state index contributed by atoms with van der Waals surface area (Å²) >= 11 is 1.88. The Kier molecular flexibility index (Phi) is 2.52. The van der Waals surface area contributed by atoms with Crippen LogP contribution in [0.25, 0.3) is 5.57 Å². The van der Waals surface area contributed by atoms with Gasteiger partial charge in [-0.3, -0.25) is 4.79 Å². The van der Waals surface area contributed by atoms with Crippen LogP contribution in [0.2, 0.25) is 0 Å². The molecule has 1 aliphatic carbocycles. The Hall–Kier alpha value is -1.22. The first-order valence-electron chi connectivity index (χ1n) is 7.03. The Morgan fingerprint density at radius 1 is 1.26 bits per heavy atom. The Balaban J connectivity index is 1.98. The van der Waals surface area contributed by atoms with E-state index in [1.807, 2.05) is 11.8 Å². The van der Waals surface area contributed by atoms with Gasteiger partial charge >= 0.3 is 0 Å². The number of carbonyl (C=O) groups is 1. The summed E-state index contributed by atoms with van der Waals surface area (Å²) in [5.41, 5.74) is 3.55. The van der Waals surface area contributed by atoms with Crippen LogP contribution in [0.15, 0.2) is 34.9 Å². The third-order valence-electron chi connectivity index (χ3n) is 4.70. The Morgan fingerprint density at radius 3 is 3.00 bits per heavy atom. The predicted molar refractivity (Wildman–Crippen MR) is 77.9 cm³/mol. The molecule has 1 aromatic rings. The maximum absolute atomic E-state index is 12.7. The molecule has 0 amide bonds. The molecule has 0 N–H and O–H groups in total. The van der Waals surface area contributed by atoms with Crippen molar-refractivity contribution < 1.29 is 4.79 Å². The zero-order valence-corrected chi connectivity index (χ0v) is 11.9. The van der Waals surface area contributed by atoms with Crippen LogP contribution in [0, 0.1) is 11.8 Å². The van der Waals surface area contributed by atoms with Crippen molar-refractivity contribution in [1.29, 1.82) is 0 Å². The number of rotatable bonds is 0. The van der Waals surface area contributed by atoms with Crippen LogP contribution in [0.4, 0.5) is 0 Å². The number of ketones is 1. The van der Waals surface area contributed by atoms with E-state index in [-0.39, 0.29) is 5.92 Å². The molecular weight excluding hydrogens is 254 g/mol. The summed E-state index contributed by atoms with van der Waals surface area (Å²) in [6, 6.07) is 8.41. The lowest BCUT2D eigenvalue weighted by Gasteiger charge is -2.25. The first-order valence-corrected chi connectivity index (χ1v) is 8.01. The average Bonchev–Trinajstić information content (AvgIpc) is 2.90. The van der Waals surface area contributed by atoms with Crippen LogP contribution < -0.4 is 0 Å². The minimum Gasteiger partial charge on any atom is -0.373 e. The van der Waals surface area contributed by atoms with E-state index in [4.69, 9.17) is 0 Å². The molecule has 2 nitrogen and oxygen atoms in total. The summed E-state index contributed by atoms with van der Waals surface area (Å²) in [5.74, 6) is 2.12. The number of fused-ring (bicyclic) bond motifs is 2. The molecule has 0 radical (unpaired) electrons. The lowest BCUT2D eigenvalue weighted by Crippen LogP contribution is -2.23. The summed E-state index contributed by atoms with van der Waals surface area (Å²) in [4.78, 5) is 16.4. The number of hydrogen-bond acceptors (Lipinski definition) is 3. The van der Waals surface area contributed by atoms with E-state index in [2.05, 4.69) is 36.1 Å². The summed E-state index contributed by atoms with van der Waals surface area (Å²) in [6.07, 6.45) is 1.15. The molecule has 1 fully saturated rings. The lowest BCUT2D eigenvalue weighted by molar-refractivity contribution is -0.117. The molecule has 2 aliphatic heterocycles. The Labute approximate surface area is 117 Å². The van der Waals surface area contributed by atoms with E-state index in [9.17, 15) is 4.79 Å². The molecule has 19 heavy (non-hydrogen) atoms. The first kappa shape index (κ1) is 11.6. The van der Waals surface area contributed by atoms with Crippen LogP contribution in [-0.2, 0) is 4.79 Å². The molecule has 0 spiro atoms. The highest BCUT2D eigenvalue weighted by Gasteiger charge is 2.45. The zero-order chi connectivity index (χ0) is 13.0. The fourth-order valence-electron chi connectivity index (χ4n) is 3.72. The number of thioether (sulfide) groups is 1. The second-order valence-electron chi connectivity index (χ2n) is 5.64. The van der Waals surface area contributed by atoms with Crippen LogP contribution in [0.3, 0.4) is 0 Å². The molecule has 3 heteroatoms. The molecule has 4 rings (SSSR count). The van der Waals surface area contributed by atoms with Gasteiger partial charge in [-0.2, -0.15) is 0 Å². The molecule has 2 heterocycles. The van der Waals surface area contributed by atoms with Crippen molar-refractivity contribution in [3.05, 3.63) is 35.5 Å². The van der Waals surface area contributed by atoms with Crippen molar-refractivity contribution in [2.24, 2.45) is 11.8 Å². The second-order valence-corrected chi connectivity index (χ2v) is 6.78. The van der Waals surface area contributed by atoms with Crippen LogP contribution in [-0.4, -0.2) is 29.5 Å². The molecule has 1 unspecified atom stereocenters. The van der Waals surface area contributed by atoms with Crippen molar-refractivity contribution in [2.75, 3.05) is 18.8 Å². The van der Waals surface area contributed by atoms with Gasteiger partial charge in [0.1, 0.15) is 0 Å². The van der Waals surface area contributed by atoms with Gasteiger partial charge < -0.3 is 4.90 Å². The normalized spacial score (nSPS) is 29.1. The molecular formula is C16H17NOS. The van der Waals surface area contributed by atoms with E-state index in [0.717, 1.165) is 30.8 Å². The molecule has 0 aromatic heterocycles. The van der Waals surface area contributed by atoms with Gasteiger partial charge in [-0.25, -0.2) is 0 Å². The largest absolute Gasteiger partial charge is 0.373 e. The van der Waals surface area contributed by atoms with E-state index in [0.29, 0.717) is 11.7 Å². The SMILES string of the molecule is CC1C(=O)C2=C3[C@H]1CCN3CCSc1ccccc12. The molecule has 98 valence electrons. The predicted octanol–water partition coefficient (Wildman–Crippen LogP) is 3.04. The quantitative estimate of drug-likeness (QED) is 0.723. The number of benzene rings is 1. The smallest absolute Gasteiger partial charge is 0.168 e. The number of carbonyl (C=O) groups excluding carboxylic acids is 1. The van der Waals surface area contributed by atoms with Crippen LogP contribution in [0.5, 0.6) is 0 Å². The molecule has 2 atom stereocenters. The second kappa shape index (κ2) is 4.14. The van der Waals surface area contributed by atoms with Gasteiger partial charge in [-0.05, 0) is 12.5 Å². The van der Waals surface area contributed by atoms with Gasteiger partial charge in [0.05, 0.1) is 0 Å². The van der Waals surface area contributed by atoms with Gasteiger partial charge in [-0.15, -0.1) is 11.8 Å². The molecule has 3 aliphatic rings. The minimum atomic E-state index is 0.172. The highest BCUT2D eigenvalue weighted by atomic mass is 32.2. The average molecular weight is 271 g/mol. The first-order chi connectivity index (χ1) is 9.27. The fraction of sp³-hybridized carbons (Fsp3) is 0.438. The van der Waals surface area contributed by atoms with Crippen molar-refractivity contribution in [3.8, 4) is 0 Å². The summed E-state index contributed by atoms with van der Waals surface area (Å²) in [6.45, 7) is 4.31. The number of allylic oxidation sites excluding steroid dienone is 2. The highest BCUT2D eigenvalue weighted by molar-refractivity contribution is 7.99. The van der Waals surface area contributed by atoms with E-state index in [1.54, 1.807) is 0 Å². The summed E-state index contributed by atoms with van der Waals surface area (Å²) in [5, 5.41) is 0. The topological polar surface area (TPSA) is 20.3 Å². The molecule has 0 bridgehead atoms. The zero-order valence-electron chi connectivity index (χ0n) is 11.1. The van der Waals surface area contributed by atoms with Gasteiger partial charge in [-0.1, -0.05) is 25.1 Å². The van der Waals surface area contributed by atoms with E-state index in [1.165, 1.54) is 16.2 Å². The Bertz CT molecular complexity index is 592. The molecule has 1 saturated heterocycles. The van der Waals surface area contributed by atoms with Crippen molar-refractivity contribution >= 4 is 23.1 Å². The number of nitrogens with zero attached hydrogens (tertiary/aromatic N) is 1. The third kappa shape index (κ3) is 1.54. The van der Waals surface area contributed by atoms with Crippen molar-refractivity contribution in [3.63, 3.8) is 0 Å². The van der Waals surface area contributed by atoms with Gasteiger partial charge in [0.2, 0.25) is 0 Å². The minimum absolute atomic E-state index is 0.172. The van der Waals surface area contributed by atoms with Crippen LogP contribution in [0.1, 0.15) is 18.9 Å². The monoisotopic (exact) mass is 271 g/mol. The maximum atomic E-state index is 12.7. The maximum Gasteiger partial charge on any atom is 0.168 e. The van der Waals surface area contributed by atoms with Gasteiger partial charge in [0.15, 0.2) is 5.78 Å². The van der Waals surface area contributed by atoms with Crippen molar-refractivity contribution in [1.82, 2.24) is 4.90 Å². The number of Topliss-reactive ketones (excluding diaryl/α,β-unsaturated/α-hetero) is 1. The summed E-state index contributed by atoms with van der Waals surface area (Å²) in [7, 11) is 0. The van der Waals surface area contributed by atoms with Crippen LogP contribution >= 0.6 is 11.8 Å². The molecule has 1 aromatic carbocycles. The summed E-state index contributed by atoms with van der Waals surface area (Å²) < 4.78 is 0. The molecule has 0 saturated carbocycles. The standard InChI is InChI=1S/C16H17NOS/c1-10-11-6-7-17-8-9-19-13-5-3-2-4-12(13)14(15(11)17)16(10)18/h2-5,10-11H,6-9H2,1H3/t10?,11-/m0/s1. The lowest BCUT2D eigenvalue weighted by atomic mass is 9.94.